The van der Waals surface area contributed by atoms with E-state index in [4.69, 9.17) is 0 Å². The van der Waals surface area contributed by atoms with E-state index >= 15 is 0 Å². The van der Waals surface area contributed by atoms with Gasteiger partial charge in [-0.1, -0.05) is 18.2 Å². The molecule has 0 bridgehead atoms. The first-order valence-corrected chi connectivity index (χ1v) is 13.3. The second-order valence-corrected chi connectivity index (χ2v) is 10.2. The van der Waals surface area contributed by atoms with Crippen LogP contribution in [0.3, 0.4) is 0 Å². The van der Waals surface area contributed by atoms with Gasteiger partial charge in [0.2, 0.25) is 16.0 Å². The van der Waals surface area contributed by atoms with Crippen LogP contribution in [0.1, 0.15) is 29.6 Å². The SMILES string of the molecule is O=C(NC[C@H](NS(=O)(=O)c1ccccc1)C(=O)O)c1ccc(N2CCCCC2Nc2ncccn2)cc1. The summed E-state index contributed by atoms with van der Waals surface area (Å²) in [5.41, 5.74) is 1.25. The first kappa shape index (κ1) is 26.0. The van der Waals surface area contributed by atoms with Crippen molar-refractivity contribution in [2.24, 2.45) is 0 Å². The Morgan fingerprint density at radius 1 is 1.00 bits per heavy atom. The van der Waals surface area contributed by atoms with Crippen molar-refractivity contribution >= 4 is 33.5 Å². The Hall–Kier alpha value is -4.03. The predicted molar refractivity (Wildman–Crippen MR) is 138 cm³/mol. The van der Waals surface area contributed by atoms with Crippen molar-refractivity contribution in [2.75, 3.05) is 23.3 Å². The monoisotopic (exact) mass is 524 g/mol. The van der Waals surface area contributed by atoms with Crippen molar-refractivity contribution in [1.29, 1.82) is 0 Å². The molecule has 1 fully saturated rings. The van der Waals surface area contributed by atoms with Crippen molar-refractivity contribution in [3.8, 4) is 0 Å². The average Bonchev–Trinajstić information content (AvgIpc) is 2.92. The highest BCUT2D eigenvalue weighted by atomic mass is 32.2. The van der Waals surface area contributed by atoms with E-state index in [0.29, 0.717) is 11.5 Å². The summed E-state index contributed by atoms with van der Waals surface area (Å²) in [5, 5.41) is 15.3. The Balaban J connectivity index is 1.38. The maximum Gasteiger partial charge on any atom is 0.323 e. The first-order valence-electron chi connectivity index (χ1n) is 11.8. The molecule has 1 aromatic heterocycles. The fourth-order valence-corrected chi connectivity index (χ4v) is 5.26. The normalized spacial score (nSPS) is 16.5. The van der Waals surface area contributed by atoms with Crippen LogP contribution in [-0.2, 0) is 14.8 Å². The van der Waals surface area contributed by atoms with Crippen molar-refractivity contribution < 1.29 is 23.1 Å². The highest BCUT2D eigenvalue weighted by Gasteiger charge is 2.26. The number of aromatic nitrogens is 2. The van der Waals surface area contributed by atoms with Crippen LogP contribution in [0.15, 0.2) is 78.0 Å². The van der Waals surface area contributed by atoms with Crippen LogP contribution in [0, 0.1) is 0 Å². The van der Waals surface area contributed by atoms with E-state index in [1.54, 1.807) is 36.7 Å². The van der Waals surface area contributed by atoms with Gasteiger partial charge in [0.15, 0.2) is 0 Å². The van der Waals surface area contributed by atoms with Gasteiger partial charge >= 0.3 is 5.97 Å². The number of nitrogens with zero attached hydrogens (tertiary/aromatic N) is 3. The number of rotatable bonds is 10. The fraction of sp³-hybridized carbons (Fsp3) is 0.280. The standard InChI is InChI=1S/C25H28N6O5S/c32-23(28-17-21(24(33)34)30-37(35,36)20-7-2-1-3-8-20)18-10-12-19(13-11-18)31-16-5-4-9-22(31)29-25-26-14-6-15-27-25/h1-3,6-8,10-15,21-22,30H,4-5,9,16-17H2,(H,28,32)(H,33,34)(H,26,27,29)/t21-,22?/m0/s1. The summed E-state index contributed by atoms with van der Waals surface area (Å²) in [7, 11) is -4.07. The number of carbonyl (C=O) groups excluding carboxylic acids is 1. The van der Waals surface area contributed by atoms with E-state index in [0.717, 1.165) is 31.5 Å². The molecule has 0 saturated carbocycles. The minimum atomic E-state index is -4.07. The van der Waals surface area contributed by atoms with Gasteiger partial charge in [0.1, 0.15) is 12.2 Å². The largest absolute Gasteiger partial charge is 0.480 e. The van der Waals surface area contributed by atoms with E-state index in [1.165, 1.54) is 24.3 Å². The molecule has 4 N–H and O–H groups in total. The number of nitrogens with one attached hydrogen (secondary N) is 3. The Kier molecular flexibility index (Phi) is 8.31. The van der Waals surface area contributed by atoms with Gasteiger partial charge in [-0.05, 0) is 61.7 Å². The second kappa shape index (κ2) is 11.8. The molecule has 0 radical (unpaired) electrons. The van der Waals surface area contributed by atoms with E-state index in [-0.39, 0.29) is 11.1 Å². The third kappa shape index (κ3) is 6.80. The number of hydrogen-bond acceptors (Lipinski definition) is 8. The van der Waals surface area contributed by atoms with E-state index in [2.05, 4.69) is 30.2 Å². The molecule has 1 aliphatic rings. The fourth-order valence-electron chi connectivity index (χ4n) is 4.05. The number of benzene rings is 2. The molecule has 11 nitrogen and oxygen atoms in total. The Morgan fingerprint density at radius 3 is 2.38 bits per heavy atom. The van der Waals surface area contributed by atoms with Crippen molar-refractivity contribution in [2.45, 2.75) is 36.4 Å². The predicted octanol–water partition coefficient (Wildman–Crippen LogP) is 2.07. The Labute approximate surface area is 215 Å². The number of carboxylic acid groups (broad SMARTS) is 1. The van der Waals surface area contributed by atoms with Crippen LogP contribution in [0.25, 0.3) is 0 Å². The zero-order valence-electron chi connectivity index (χ0n) is 19.9. The molecule has 1 aliphatic heterocycles. The molecule has 2 heterocycles. The Morgan fingerprint density at radius 2 is 1.70 bits per heavy atom. The molecule has 194 valence electrons. The lowest BCUT2D eigenvalue weighted by Gasteiger charge is -2.38. The zero-order valence-corrected chi connectivity index (χ0v) is 20.8. The molecule has 4 rings (SSSR count). The van der Waals surface area contributed by atoms with Crippen molar-refractivity contribution in [3.63, 3.8) is 0 Å². The van der Waals surface area contributed by atoms with Crippen LogP contribution < -0.4 is 20.3 Å². The quantitative estimate of drug-likeness (QED) is 0.312. The van der Waals surface area contributed by atoms with Crippen molar-refractivity contribution in [1.82, 2.24) is 20.0 Å². The molecule has 3 aromatic rings. The van der Waals surface area contributed by atoms with Gasteiger partial charge in [0, 0.05) is 36.7 Å². The minimum Gasteiger partial charge on any atom is -0.480 e. The van der Waals surface area contributed by atoms with Gasteiger partial charge in [0.05, 0.1) is 4.90 Å². The lowest BCUT2D eigenvalue weighted by Crippen LogP contribution is -2.48. The smallest absolute Gasteiger partial charge is 0.323 e. The maximum absolute atomic E-state index is 12.7. The number of amides is 1. The number of anilines is 2. The molecule has 1 unspecified atom stereocenters. The third-order valence-electron chi connectivity index (χ3n) is 5.94. The van der Waals surface area contributed by atoms with Gasteiger partial charge in [-0.25, -0.2) is 18.4 Å². The van der Waals surface area contributed by atoms with Crippen LogP contribution in [0.4, 0.5) is 11.6 Å². The number of aliphatic carboxylic acids is 1. The van der Waals surface area contributed by atoms with Gasteiger partial charge < -0.3 is 20.6 Å². The summed E-state index contributed by atoms with van der Waals surface area (Å²) in [6.45, 7) is 0.412. The summed E-state index contributed by atoms with van der Waals surface area (Å²) >= 11 is 0. The number of hydrogen-bond donors (Lipinski definition) is 4. The molecule has 2 aromatic carbocycles. The molecule has 0 spiro atoms. The lowest BCUT2D eigenvalue weighted by molar-refractivity contribution is -0.138. The molecule has 37 heavy (non-hydrogen) atoms. The molecule has 2 atom stereocenters. The molecular weight excluding hydrogens is 496 g/mol. The van der Waals surface area contributed by atoms with E-state index in [9.17, 15) is 23.1 Å². The number of carbonyl (C=O) groups is 2. The van der Waals surface area contributed by atoms with Gasteiger partial charge in [-0.2, -0.15) is 4.72 Å². The summed E-state index contributed by atoms with van der Waals surface area (Å²) in [6.07, 6.45) is 6.38. The topological polar surface area (TPSA) is 154 Å². The first-order chi connectivity index (χ1) is 17.8. The molecule has 0 aliphatic carbocycles. The summed E-state index contributed by atoms with van der Waals surface area (Å²) < 4.78 is 27.1. The minimum absolute atomic E-state index is 0.00443. The van der Waals surface area contributed by atoms with Crippen molar-refractivity contribution in [3.05, 3.63) is 78.6 Å². The summed E-state index contributed by atoms with van der Waals surface area (Å²) in [5.74, 6) is -1.37. The van der Waals surface area contributed by atoms with Gasteiger partial charge in [0.25, 0.3) is 5.91 Å². The Bertz CT molecular complexity index is 1310. The summed E-state index contributed by atoms with van der Waals surface area (Å²) in [6, 6.07) is 14.6. The number of sulfonamides is 1. The molecule has 12 heteroatoms. The number of piperidine rings is 1. The van der Waals surface area contributed by atoms with Gasteiger partial charge in [-0.3, -0.25) is 9.59 Å². The third-order valence-corrected chi connectivity index (χ3v) is 7.43. The highest BCUT2D eigenvalue weighted by Crippen LogP contribution is 2.25. The summed E-state index contributed by atoms with van der Waals surface area (Å²) in [4.78, 5) is 34.9. The zero-order chi connectivity index (χ0) is 26.3. The average molecular weight is 525 g/mol. The second-order valence-electron chi connectivity index (χ2n) is 8.50. The number of carboxylic acids is 1. The molecule has 1 amide bonds. The van der Waals surface area contributed by atoms with Crippen LogP contribution in [0.5, 0.6) is 0 Å². The van der Waals surface area contributed by atoms with Crippen LogP contribution >= 0.6 is 0 Å². The van der Waals surface area contributed by atoms with Gasteiger partial charge in [-0.15, -0.1) is 0 Å². The lowest BCUT2D eigenvalue weighted by atomic mass is 10.1. The van der Waals surface area contributed by atoms with E-state index < -0.39 is 34.5 Å². The van der Waals surface area contributed by atoms with Crippen LogP contribution in [0.2, 0.25) is 0 Å². The molecular formula is C25H28N6O5S. The molecule has 1 saturated heterocycles. The highest BCUT2D eigenvalue weighted by molar-refractivity contribution is 7.89. The maximum atomic E-state index is 12.7. The van der Waals surface area contributed by atoms with E-state index in [1.807, 2.05) is 12.1 Å². The van der Waals surface area contributed by atoms with Crippen LogP contribution in [-0.4, -0.2) is 60.7 Å².